The van der Waals surface area contributed by atoms with E-state index in [2.05, 4.69) is 0 Å². The van der Waals surface area contributed by atoms with Crippen LogP contribution in [0.1, 0.15) is 41.5 Å². The summed E-state index contributed by atoms with van der Waals surface area (Å²) in [6, 6.07) is 9.15. The number of aliphatic carboxylic acids is 1. The summed E-state index contributed by atoms with van der Waals surface area (Å²) in [6.07, 6.45) is -10.8. The predicted octanol–water partition coefficient (Wildman–Crippen LogP) is 5.66. The van der Waals surface area contributed by atoms with Gasteiger partial charge in [-0.2, -0.15) is 26.3 Å². The van der Waals surface area contributed by atoms with Gasteiger partial charge in [0.15, 0.2) is 0 Å². The van der Waals surface area contributed by atoms with Gasteiger partial charge in [-0.3, -0.25) is 9.59 Å². The fourth-order valence-corrected chi connectivity index (χ4v) is 4.28. The molecule has 3 rings (SSSR count). The molecule has 0 amide bonds. The van der Waals surface area contributed by atoms with E-state index in [0.29, 0.717) is 17.7 Å². The third kappa shape index (κ3) is 4.60. The zero-order valence-corrected chi connectivity index (χ0v) is 16.1. The van der Waals surface area contributed by atoms with Gasteiger partial charge < -0.3 is 5.11 Å². The van der Waals surface area contributed by atoms with Crippen molar-refractivity contribution in [1.29, 1.82) is 0 Å². The number of Topliss-reactive ketones (excluding diaryl/α,β-unsaturated/α-hetero) is 1. The Balaban J connectivity index is 2.12. The maximum absolute atomic E-state index is 13.2. The summed E-state index contributed by atoms with van der Waals surface area (Å²) < 4.78 is 79.2. The van der Waals surface area contributed by atoms with Gasteiger partial charge in [0.05, 0.1) is 16.5 Å². The predicted molar refractivity (Wildman–Crippen MR) is 98.3 cm³/mol. The standard InChI is InChI=1S/C22H18F6O3/c23-21(24,25)16-9-13(10-17(11-16)22(26,27)28)8-15-12-18(29)6-7-20(15,19(30)31)14-4-2-1-3-5-14/h1-5,9-11,15H,6-8,12H2,(H,30,31). The summed E-state index contributed by atoms with van der Waals surface area (Å²) >= 11 is 0. The highest BCUT2D eigenvalue weighted by Gasteiger charge is 2.50. The number of benzene rings is 2. The van der Waals surface area contributed by atoms with Crippen molar-refractivity contribution in [2.75, 3.05) is 0 Å². The van der Waals surface area contributed by atoms with Crippen molar-refractivity contribution >= 4 is 11.8 Å². The Hall–Kier alpha value is -2.84. The molecular weight excluding hydrogens is 426 g/mol. The normalized spacial score (nSPS) is 22.4. The first-order chi connectivity index (χ1) is 14.3. The summed E-state index contributed by atoms with van der Waals surface area (Å²) in [4.78, 5) is 24.5. The molecule has 9 heteroatoms. The first-order valence-electron chi connectivity index (χ1n) is 9.43. The van der Waals surface area contributed by atoms with Crippen LogP contribution in [0.5, 0.6) is 0 Å². The van der Waals surface area contributed by atoms with Gasteiger partial charge in [0.25, 0.3) is 0 Å². The molecule has 0 spiro atoms. The van der Waals surface area contributed by atoms with Gasteiger partial charge in [-0.25, -0.2) is 0 Å². The summed E-state index contributed by atoms with van der Waals surface area (Å²) in [7, 11) is 0. The number of carbonyl (C=O) groups is 2. The van der Waals surface area contributed by atoms with Gasteiger partial charge >= 0.3 is 18.3 Å². The average molecular weight is 444 g/mol. The molecule has 0 heterocycles. The van der Waals surface area contributed by atoms with Crippen molar-refractivity contribution in [2.45, 2.75) is 43.5 Å². The van der Waals surface area contributed by atoms with E-state index in [1.54, 1.807) is 30.3 Å². The molecule has 0 bridgehead atoms. The van der Waals surface area contributed by atoms with Gasteiger partial charge in [0, 0.05) is 12.8 Å². The number of carbonyl (C=O) groups excluding carboxylic acids is 1. The maximum atomic E-state index is 13.2. The molecule has 166 valence electrons. The monoisotopic (exact) mass is 444 g/mol. The van der Waals surface area contributed by atoms with Crippen LogP contribution in [0.3, 0.4) is 0 Å². The van der Waals surface area contributed by atoms with Crippen LogP contribution in [0.25, 0.3) is 0 Å². The van der Waals surface area contributed by atoms with Crippen molar-refractivity contribution in [3.63, 3.8) is 0 Å². The van der Waals surface area contributed by atoms with Gasteiger partial charge in [-0.1, -0.05) is 30.3 Å². The van der Waals surface area contributed by atoms with E-state index in [4.69, 9.17) is 0 Å². The van der Waals surface area contributed by atoms with Crippen LogP contribution in [0.2, 0.25) is 0 Å². The topological polar surface area (TPSA) is 54.4 Å². The van der Waals surface area contributed by atoms with Crippen LogP contribution in [-0.2, 0) is 33.8 Å². The minimum Gasteiger partial charge on any atom is -0.481 e. The molecule has 0 radical (unpaired) electrons. The van der Waals surface area contributed by atoms with Crippen LogP contribution in [-0.4, -0.2) is 16.9 Å². The molecule has 2 aromatic carbocycles. The van der Waals surface area contributed by atoms with Crippen LogP contribution in [0.4, 0.5) is 26.3 Å². The maximum Gasteiger partial charge on any atom is 0.416 e. The SMILES string of the molecule is O=C1CCC(C(=O)O)(c2ccccc2)C(Cc2cc(C(F)(F)F)cc(C(F)(F)F)c2)C1. The van der Waals surface area contributed by atoms with Crippen molar-refractivity contribution in [3.8, 4) is 0 Å². The molecule has 1 aliphatic rings. The fraction of sp³-hybridized carbons (Fsp3) is 0.364. The lowest BCUT2D eigenvalue weighted by molar-refractivity contribution is -0.149. The molecule has 0 saturated heterocycles. The lowest BCUT2D eigenvalue weighted by atomic mass is 9.60. The van der Waals surface area contributed by atoms with Gasteiger partial charge in [0.2, 0.25) is 0 Å². The fourth-order valence-electron chi connectivity index (χ4n) is 4.28. The van der Waals surface area contributed by atoms with Crippen LogP contribution in [0.15, 0.2) is 48.5 Å². The minimum atomic E-state index is -5.01. The van der Waals surface area contributed by atoms with Gasteiger partial charge in [-0.15, -0.1) is 0 Å². The number of carboxylic acids is 1. The summed E-state index contributed by atoms with van der Waals surface area (Å²) in [6.45, 7) is 0. The summed E-state index contributed by atoms with van der Waals surface area (Å²) in [5.74, 6) is -2.54. The molecule has 1 aliphatic carbocycles. The van der Waals surface area contributed by atoms with E-state index in [1.807, 2.05) is 0 Å². The first kappa shape index (κ1) is 22.8. The molecule has 2 atom stereocenters. The molecule has 1 N–H and O–H groups in total. The van der Waals surface area contributed by atoms with Crippen molar-refractivity contribution in [3.05, 3.63) is 70.8 Å². The number of hydrogen-bond donors (Lipinski definition) is 1. The van der Waals surface area contributed by atoms with E-state index in [0.717, 1.165) is 0 Å². The lowest BCUT2D eigenvalue weighted by Crippen LogP contribution is -2.48. The smallest absolute Gasteiger partial charge is 0.416 e. The number of halogens is 6. The van der Waals surface area contributed by atoms with Crippen molar-refractivity contribution in [1.82, 2.24) is 0 Å². The second-order valence-corrected chi connectivity index (χ2v) is 7.70. The third-order valence-corrected chi connectivity index (χ3v) is 5.77. The Bertz CT molecular complexity index is 949. The van der Waals surface area contributed by atoms with Crippen molar-refractivity contribution < 1.29 is 41.0 Å². The van der Waals surface area contributed by atoms with E-state index in [1.165, 1.54) is 0 Å². The molecule has 0 aromatic heterocycles. The Kier molecular flexibility index (Phi) is 5.90. The molecule has 31 heavy (non-hydrogen) atoms. The van der Waals surface area contributed by atoms with Gasteiger partial charge in [0.1, 0.15) is 5.78 Å². The largest absolute Gasteiger partial charge is 0.481 e. The average Bonchev–Trinajstić information content (AvgIpc) is 2.67. The number of carboxylic acid groups (broad SMARTS) is 1. The number of ketones is 1. The Morgan fingerprint density at radius 3 is 2.00 bits per heavy atom. The second-order valence-electron chi connectivity index (χ2n) is 7.70. The molecule has 2 unspecified atom stereocenters. The van der Waals surface area contributed by atoms with E-state index in [9.17, 15) is 41.0 Å². The molecule has 3 nitrogen and oxygen atoms in total. The van der Waals surface area contributed by atoms with Crippen molar-refractivity contribution in [2.24, 2.45) is 5.92 Å². The highest BCUT2D eigenvalue weighted by atomic mass is 19.4. The van der Waals surface area contributed by atoms with E-state index >= 15 is 0 Å². The van der Waals surface area contributed by atoms with Crippen LogP contribution in [0, 0.1) is 5.92 Å². The van der Waals surface area contributed by atoms with E-state index < -0.39 is 47.2 Å². The minimum absolute atomic E-state index is 0.0250. The first-order valence-corrected chi connectivity index (χ1v) is 9.43. The number of rotatable bonds is 4. The van der Waals surface area contributed by atoms with Gasteiger partial charge in [-0.05, 0) is 48.1 Å². The third-order valence-electron chi connectivity index (χ3n) is 5.77. The van der Waals surface area contributed by atoms with E-state index in [-0.39, 0.29) is 36.7 Å². The Labute approximate surface area is 173 Å². The summed E-state index contributed by atoms with van der Waals surface area (Å²) in [5.41, 5.74) is -4.49. The zero-order valence-electron chi connectivity index (χ0n) is 16.1. The molecular formula is C22H18F6O3. The van der Waals surface area contributed by atoms with Crippen LogP contribution < -0.4 is 0 Å². The highest BCUT2D eigenvalue weighted by Crippen LogP contribution is 2.45. The molecule has 0 aliphatic heterocycles. The molecule has 2 aromatic rings. The zero-order chi connectivity index (χ0) is 23.0. The Morgan fingerprint density at radius 1 is 0.968 bits per heavy atom. The highest BCUT2D eigenvalue weighted by molar-refractivity contribution is 5.88. The number of hydrogen-bond acceptors (Lipinski definition) is 2. The Morgan fingerprint density at radius 2 is 1.52 bits per heavy atom. The number of alkyl halides is 6. The quantitative estimate of drug-likeness (QED) is 0.620. The van der Waals surface area contributed by atoms with Crippen LogP contribution >= 0.6 is 0 Å². The second kappa shape index (κ2) is 8.01. The molecule has 1 fully saturated rings. The lowest BCUT2D eigenvalue weighted by Gasteiger charge is -2.41. The summed E-state index contributed by atoms with van der Waals surface area (Å²) in [5, 5.41) is 10.1. The molecule has 1 saturated carbocycles.